The topological polar surface area (TPSA) is 82.5 Å². The number of nitrogens with one attached hydrogen (secondary N) is 1. The summed E-state index contributed by atoms with van der Waals surface area (Å²) in [7, 11) is 3.07. The van der Waals surface area contributed by atoms with E-state index in [4.69, 9.17) is 9.47 Å². The monoisotopic (exact) mass is 513 g/mol. The second-order valence-corrected chi connectivity index (χ2v) is 9.13. The number of hydrogen-bond donors (Lipinski definition) is 1. The summed E-state index contributed by atoms with van der Waals surface area (Å²) in [6.07, 6.45) is 1.42. The molecule has 164 valence electrons. The van der Waals surface area contributed by atoms with Gasteiger partial charge in [0, 0.05) is 26.7 Å². The molecule has 1 amide bonds. The minimum absolute atomic E-state index is 0.162. The van der Waals surface area contributed by atoms with Crippen LogP contribution in [-0.2, 0) is 11.3 Å². The van der Waals surface area contributed by atoms with E-state index in [1.165, 1.54) is 29.3 Å². The van der Waals surface area contributed by atoms with E-state index in [2.05, 4.69) is 26.2 Å². The summed E-state index contributed by atoms with van der Waals surface area (Å²) in [5, 5.41) is 3.31. The van der Waals surface area contributed by atoms with E-state index in [1.807, 2.05) is 31.2 Å². The number of halogens is 1. The first kappa shape index (κ1) is 22.0. The maximum Gasteiger partial charge on any atom is 0.263 e. The van der Waals surface area contributed by atoms with Gasteiger partial charge in [-0.1, -0.05) is 28.1 Å². The highest BCUT2D eigenvalue weighted by molar-refractivity contribution is 9.10. The molecule has 4 aromatic rings. The fraction of sp³-hybridized carbons (Fsp3) is 0.174. The second kappa shape index (κ2) is 9.13. The molecule has 0 radical (unpaired) electrons. The summed E-state index contributed by atoms with van der Waals surface area (Å²) in [6.45, 7) is 1.81. The van der Waals surface area contributed by atoms with E-state index in [-0.39, 0.29) is 18.0 Å². The summed E-state index contributed by atoms with van der Waals surface area (Å²) >= 11 is 4.91. The number of methoxy groups -OCH3 is 2. The smallest absolute Gasteiger partial charge is 0.263 e. The van der Waals surface area contributed by atoms with Crippen LogP contribution in [0.25, 0.3) is 21.3 Å². The Morgan fingerprint density at radius 3 is 2.53 bits per heavy atom. The largest absolute Gasteiger partial charge is 0.493 e. The molecular formula is C23H20BrN3O4S. The number of aryl methyl sites for hydroxylation is 1. The summed E-state index contributed by atoms with van der Waals surface area (Å²) in [5.41, 5.74) is 2.07. The van der Waals surface area contributed by atoms with Gasteiger partial charge in [0.25, 0.3) is 5.56 Å². The van der Waals surface area contributed by atoms with E-state index < -0.39 is 0 Å². The van der Waals surface area contributed by atoms with E-state index in [0.717, 1.165) is 20.5 Å². The van der Waals surface area contributed by atoms with Crippen molar-refractivity contribution in [3.05, 3.63) is 68.5 Å². The Kier molecular flexibility index (Phi) is 6.29. The fourth-order valence-electron chi connectivity index (χ4n) is 3.48. The van der Waals surface area contributed by atoms with Crippen molar-refractivity contribution in [1.82, 2.24) is 9.55 Å². The highest BCUT2D eigenvalue weighted by Crippen LogP contribution is 2.36. The molecule has 4 rings (SSSR count). The Balaban J connectivity index is 1.65. The molecule has 0 aliphatic carbocycles. The zero-order valence-electron chi connectivity index (χ0n) is 17.6. The molecule has 32 heavy (non-hydrogen) atoms. The average Bonchev–Trinajstić information content (AvgIpc) is 3.12. The van der Waals surface area contributed by atoms with Crippen molar-refractivity contribution in [1.29, 1.82) is 0 Å². The highest BCUT2D eigenvalue weighted by Gasteiger charge is 2.18. The number of benzene rings is 2. The SMILES string of the molecule is COc1ccc(NC(=O)Cn2cnc3sc(C)c(-c4ccc(Br)cc4)c3c2=O)cc1OC. The van der Waals surface area contributed by atoms with Gasteiger partial charge in [-0.15, -0.1) is 11.3 Å². The van der Waals surface area contributed by atoms with E-state index in [1.54, 1.807) is 25.3 Å². The number of anilines is 1. The lowest BCUT2D eigenvalue weighted by molar-refractivity contribution is -0.116. The molecule has 0 unspecified atom stereocenters. The third kappa shape index (κ3) is 4.26. The van der Waals surface area contributed by atoms with E-state index in [9.17, 15) is 9.59 Å². The number of fused-ring (bicyclic) bond motifs is 1. The van der Waals surface area contributed by atoms with Gasteiger partial charge in [-0.3, -0.25) is 14.2 Å². The van der Waals surface area contributed by atoms with Crippen molar-refractivity contribution in [3.8, 4) is 22.6 Å². The van der Waals surface area contributed by atoms with Crippen molar-refractivity contribution < 1.29 is 14.3 Å². The quantitative estimate of drug-likeness (QED) is 0.398. The number of ether oxygens (including phenoxy) is 2. The van der Waals surface area contributed by atoms with Crippen molar-refractivity contribution in [2.75, 3.05) is 19.5 Å². The van der Waals surface area contributed by atoms with Crippen LogP contribution in [0.2, 0.25) is 0 Å². The third-order valence-corrected chi connectivity index (χ3v) is 6.51. The van der Waals surface area contributed by atoms with Crippen molar-refractivity contribution >= 4 is 49.1 Å². The summed E-state index contributed by atoms with van der Waals surface area (Å²) in [4.78, 5) is 32.0. The van der Waals surface area contributed by atoms with Gasteiger partial charge in [-0.2, -0.15) is 0 Å². The molecule has 7 nitrogen and oxygen atoms in total. The van der Waals surface area contributed by atoms with Crippen LogP contribution in [0.4, 0.5) is 5.69 Å². The highest BCUT2D eigenvalue weighted by atomic mass is 79.9. The number of nitrogens with zero attached hydrogens (tertiary/aromatic N) is 2. The predicted octanol–water partition coefficient (Wildman–Crippen LogP) is 4.85. The summed E-state index contributed by atoms with van der Waals surface area (Å²) in [5.74, 6) is 0.709. The molecule has 2 aromatic heterocycles. The minimum Gasteiger partial charge on any atom is -0.493 e. The molecular weight excluding hydrogens is 494 g/mol. The number of carbonyl (C=O) groups is 1. The summed E-state index contributed by atoms with van der Waals surface area (Å²) < 4.78 is 12.8. The molecule has 0 saturated carbocycles. The van der Waals surface area contributed by atoms with Crippen molar-refractivity contribution in [2.24, 2.45) is 0 Å². The Morgan fingerprint density at radius 1 is 1.12 bits per heavy atom. The van der Waals surface area contributed by atoms with Crippen molar-refractivity contribution in [2.45, 2.75) is 13.5 Å². The van der Waals surface area contributed by atoms with Crippen LogP contribution in [0.3, 0.4) is 0 Å². The maximum absolute atomic E-state index is 13.3. The molecule has 2 aromatic carbocycles. The Bertz CT molecular complexity index is 1360. The first-order valence-corrected chi connectivity index (χ1v) is 11.3. The Labute approximate surface area is 196 Å². The maximum atomic E-state index is 13.3. The molecule has 0 aliphatic rings. The van der Waals surface area contributed by atoms with Crippen molar-refractivity contribution in [3.63, 3.8) is 0 Å². The molecule has 0 saturated heterocycles. The van der Waals surface area contributed by atoms with E-state index in [0.29, 0.717) is 27.4 Å². The average molecular weight is 514 g/mol. The van der Waals surface area contributed by atoms with Crippen LogP contribution < -0.4 is 20.3 Å². The summed E-state index contributed by atoms with van der Waals surface area (Å²) in [6, 6.07) is 12.9. The van der Waals surface area contributed by atoms with Crippen LogP contribution in [0.15, 0.2) is 58.1 Å². The number of hydrogen-bond acceptors (Lipinski definition) is 6. The van der Waals surface area contributed by atoms with Gasteiger partial charge in [0.2, 0.25) is 5.91 Å². The first-order valence-electron chi connectivity index (χ1n) is 9.67. The van der Waals surface area contributed by atoms with Crippen LogP contribution in [0, 0.1) is 6.92 Å². The number of aromatic nitrogens is 2. The van der Waals surface area contributed by atoms with Crippen LogP contribution in [0.5, 0.6) is 11.5 Å². The normalized spacial score (nSPS) is 10.9. The molecule has 1 N–H and O–H groups in total. The van der Waals surface area contributed by atoms with Gasteiger partial charge in [-0.05, 0) is 36.8 Å². The fourth-order valence-corrected chi connectivity index (χ4v) is 4.75. The lowest BCUT2D eigenvalue weighted by Gasteiger charge is -2.11. The van der Waals surface area contributed by atoms with Crippen LogP contribution in [-0.4, -0.2) is 29.7 Å². The molecule has 2 heterocycles. The zero-order chi connectivity index (χ0) is 22.8. The molecule has 0 atom stereocenters. The lowest BCUT2D eigenvalue weighted by atomic mass is 10.0. The Hall–Kier alpha value is -3.17. The number of amides is 1. The standard InChI is InChI=1S/C23H20BrN3O4S/c1-13-20(14-4-6-15(24)7-5-14)21-22(32-13)25-12-27(23(21)29)11-19(28)26-16-8-9-17(30-2)18(10-16)31-3/h4-10,12H,11H2,1-3H3,(H,26,28). The molecule has 0 aliphatic heterocycles. The zero-order valence-corrected chi connectivity index (χ0v) is 20.0. The number of thiophene rings is 1. The third-order valence-electron chi connectivity index (χ3n) is 4.97. The molecule has 0 spiro atoms. The van der Waals surface area contributed by atoms with Crippen LogP contribution >= 0.6 is 27.3 Å². The number of rotatable bonds is 6. The minimum atomic E-state index is -0.349. The second-order valence-electron chi connectivity index (χ2n) is 7.02. The predicted molar refractivity (Wildman–Crippen MR) is 130 cm³/mol. The Morgan fingerprint density at radius 2 is 1.84 bits per heavy atom. The van der Waals surface area contributed by atoms with Gasteiger partial charge in [-0.25, -0.2) is 4.98 Å². The lowest BCUT2D eigenvalue weighted by Crippen LogP contribution is -2.27. The van der Waals surface area contributed by atoms with Crippen LogP contribution in [0.1, 0.15) is 4.88 Å². The molecule has 0 bridgehead atoms. The molecule has 0 fully saturated rings. The van der Waals surface area contributed by atoms with Gasteiger partial charge in [0.1, 0.15) is 11.4 Å². The van der Waals surface area contributed by atoms with Gasteiger partial charge in [0.05, 0.1) is 25.9 Å². The van der Waals surface area contributed by atoms with Gasteiger partial charge >= 0.3 is 0 Å². The van der Waals surface area contributed by atoms with Gasteiger partial charge < -0.3 is 14.8 Å². The molecule has 9 heteroatoms. The number of carbonyl (C=O) groups excluding carboxylic acids is 1. The first-order chi connectivity index (χ1) is 15.4. The van der Waals surface area contributed by atoms with Gasteiger partial charge in [0.15, 0.2) is 11.5 Å². The van der Waals surface area contributed by atoms with E-state index >= 15 is 0 Å².